The summed E-state index contributed by atoms with van der Waals surface area (Å²) >= 11 is 0. The normalized spacial score (nSPS) is 9.88. The van der Waals surface area contributed by atoms with Crippen molar-refractivity contribution < 1.29 is 53.5 Å². The average molecular weight is 598 g/mol. The van der Waals surface area contributed by atoms with E-state index in [0.717, 1.165) is 16.2 Å². The van der Waals surface area contributed by atoms with Gasteiger partial charge in [0.05, 0.1) is 0 Å². The molecule has 0 aliphatic rings. The molecule has 6 aromatic rings. The molecule has 3 aromatic carbocycles. The van der Waals surface area contributed by atoms with Gasteiger partial charge >= 0.3 is 0 Å². The van der Waals surface area contributed by atoms with Gasteiger partial charge in [-0.2, -0.15) is 0 Å². The summed E-state index contributed by atoms with van der Waals surface area (Å²) < 4.78 is 0. The van der Waals surface area contributed by atoms with E-state index in [4.69, 9.17) is 0 Å². The van der Waals surface area contributed by atoms with Gasteiger partial charge < -0.3 is 15.3 Å². The number of para-hydroxylation sites is 3. The summed E-state index contributed by atoms with van der Waals surface area (Å²) in [7, 11) is 0. The van der Waals surface area contributed by atoms with Crippen LogP contribution in [-0.4, -0.2) is 30.3 Å². The second kappa shape index (κ2) is 12.1. The molecule has 0 aliphatic carbocycles. The van der Waals surface area contributed by atoms with E-state index in [9.17, 15) is 15.3 Å². The Balaban J connectivity index is 0.000000141. The first-order valence-corrected chi connectivity index (χ1v) is 10.2. The summed E-state index contributed by atoms with van der Waals surface area (Å²) in [4.78, 5) is 12.1. The van der Waals surface area contributed by atoms with Crippen LogP contribution < -0.4 is 0 Å². The van der Waals surface area contributed by atoms with E-state index in [2.05, 4.69) is 15.0 Å². The maximum atomic E-state index is 9.31. The van der Waals surface area contributed by atoms with Gasteiger partial charge in [-0.25, -0.2) is 0 Å². The summed E-state index contributed by atoms with van der Waals surface area (Å²) in [6, 6.07) is 27.4. The van der Waals surface area contributed by atoms with Crippen LogP contribution in [0.5, 0.6) is 17.2 Å². The molecule has 3 N–H and O–H groups in total. The Kier molecular flexibility index (Phi) is 9.00. The number of pyridine rings is 3. The minimum atomic E-state index is 0. The predicted octanol–water partition coefficient (Wildman–Crippen LogP) is 5.82. The Morgan fingerprint density at radius 2 is 0.647 bits per heavy atom. The SMILES string of the molecule is Oc1cccc2cccnc12.Oc1cccc2cccnc12.Oc1cccc2cccnc12.[Dy]. The van der Waals surface area contributed by atoms with E-state index in [1.54, 1.807) is 55.0 Å². The van der Waals surface area contributed by atoms with Crippen LogP contribution in [0.15, 0.2) is 110 Å². The summed E-state index contributed by atoms with van der Waals surface area (Å²) in [5.74, 6) is 0.717. The smallest absolute Gasteiger partial charge is 0.141 e. The molecule has 0 amide bonds. The quantitative estimate of drug-likeness (QED) is 0.204. The molecule has 0 bridgehead atoms. The molecule has 6 nitrogen and oxygen atoms in total. The second-order valence-corrected chi connectivity index (χ2v) is 7.06. The van der Waals surface area contributed by atoms with Crippen LogP contribution in [-0.2, 0) is 0 Å². The Morgan fingerprint density at radius 3 is 0.912 bits per heavy atom. The maximum absolute atomic E-state index is 9.31. The topological polar surface area (TPSA) is 99.4 Å². The predicted molar refractivity (Wildman–Crippen MR) is 130 cm³/mol. The largest absolute Gasteiger partial charge is 0.506 e. The molecule has 0 saturated heterocycles. The summed E-state index contributed by atoms with van der Waals surface area (Å²) in [6.07, 6.45) is 5.01. The van der Waals surface area contributed by atoms with Crippen LogP contribution in [0, 0.1) is 38.2 Å². The average Bonchev–Trinajstić information content (AvgIpc) is 2.86. The Morgan fingerprint density at radius 1 is 0.382 bits per heavy atom. The summed E-state index contributed by atoms with van der Waals surface area (Å²) in [5, 5.41) is 30.8. The minimum absolute atomic E-state index is 0. The first-order chi connectivity index (χ1) is 16.1. The van der Waals surface area contributed by atoms with E-state index < -0.39 is 0 Å². The van der Waals surface area contributed by atoms with Crippen molar-refractivity contribution >= 4 is 32.7 Å². The second-order valence-electron chi connectivity index (χ2n) is 7.06. The zero-order valence-corrected chi connectivity index (χ0v) is 19.9. The van der Waals surface area contributed by atoms with E-state index in [1.165, 1.54) is 0 Å². The van der Waals surface area contributed by atoms with E-state index in [0.29, 0.717) is 16.6 Å². The fraction of sp³-hybridized carbons (Fsp3) is 0. The number of aromatic nitrogens is 3. The number of fused-ring (bicyclic) bond motifs is 3. The van der Waals surface area contributed by atoms with Crippen LogP contribution in [0.1, 0.15) is 0 Å². The number of rotatable bonds is 0. The van der Waals surface area contributed by atoms with Gasteiger partial charge in [0.25, 0.3) is 0 Å². The van der Waals surface area contributed by atoms with Crippen molar-refractivity contribution in [2.45, 2.75) is 0 Å². The Hall–Kier alpha value is -3.44. The third kappa shape index (κ3) is 6.12. The number of nitrogens with zero attached hydrogens (tertiary/aromatic N) is 3. The van der Waals surface area contributed by atoms with Crippen LogP contribution in [0.3, 0.4) is 0 Å². The molecule has 0 atom stereocenters. The van der Waals surface area contributed by atoms with Gasteiger partial charge in [0, 0.05) is 72.9 Å². The van der Waals surface area contributed by atoms with Crippen molar-refractivity contribution in [2.75, 3.05) is 0 Å². The zero-order chi connectivity index (χ0) is 23.0. The van der Waals surface area contributed by atoms with Gasteiger partial charge in [-0.1, -0.05) is 54.6 Å². The monoisotopic (exact) mass is 599 g/mol. The summed E-state index contributed by atoms with van der Waals surface area (Å²) in [6.45, 7) is 0. The number of hydrogen-bond acceptors (Lipinski definition) is 6. The van der Waals surface area contributed by atoms with E-state index in [1.807, 2.05) is 54.6 Å². The molecular formula is C27H21DyN3O3. The van der Waals surface area contributed by atoms with Crippen molar-refractivity contribution in [3.05, 3.63) is 110 Å². The van der Waals surface area contributed by atoms with Crippen LogP contribution in [0.25, 0.3) is 32.7 Å². The molecule has 3 heterocycles. The van der Waals surface area contributed by atoms with Crippen molar-refractivity contribution in [1.82, 2.24) is 15.0 Å². The van der Waals surface area contributed by atoms with Gasteiger partial charge in [-0.15, -0.1) is 0 Å². The fourth-order valence-electron chi connectivity index (χ4n) is 3.26. The van der Waals surface area contributed by atoms with Crippen molar-refractivity contribution in [2.24, 2.45) is 0 Å². The van der Waals surface area contributed by atoms with Crippen LogP contribution >= 0.6 is 0 Å². The molecule has 0 spiro atoms. The molecule has 172 valence electrons. The molecule has 6 rings (SSSR count). The number of aromatic hydroxyl groups is 3. The molecule has 0 saturated carbocycles. The molecule has 0 radical (unpaired) electrons. The first kappa shape index (κ1) is 25.2. The van der Waals surface area contributed by atoms with Gasteiger partial charge in [0.15, 0.2) is 0 Å². The van der Waals surface area contributed by atoms with E-state index in [-0.39, 0.29) is 55.4 Å². The van der Waals surface area contributed by atoms with Gasteiger partial charge in [0.1, 0.15) is 33.8 Å². The van der Waals surface area contributed by atoms with Gasteiger partial charge in [-0.3, -0.25) is 15.0 Å². The zero-order valence-electron chi connectivity index (χ0n) is 17.9. The molecule has 3 aromatic heterocycles. The van der Waals surface area contributed by atoms with Crippen molar-refractivity contribution in [3.8, 4) is 17.2 Å². The van der Waals surface area contributed by atoms with Crippen molar-refractivity contribution in [3.63, 3.8) is 0 Å². The standard InChI is InChI=1S/3C9H7NO.Dy/c3*11-8-5-1-3-7-4-2-6-10-9(7)8;/h3*1-6,11H;. The van der Waals surface area contributed by atoms with Crippen molar-refractivity contribution in [1.29, 1.82) is 0 Å². The molecular weight excluding hydrogens is 577 g/mol. The number of benzene rings is 3. The third-order valence-electron chi connectivity index (χ3n) is 4.83. The molecule has 34 heavy (non-hydrogen) atoms. The Bertz CT molecular complexity index is 1330. The van der Waals surface area contributed by atoms with Gasteiger partial charge in [0.2, 0.25) is 0 Å². The van der Waals surface area contributed by atoms with E-state index >= 15 is 0 Å². The third-order valence-corrected chi connectivity index (χ3v) is 4.83. The summed E-state index contributed by atoms with van der Waals surface area (Å²) in [5.41, 5.74) is 1.99. The minimum Gasteiger partial charge on any atom is -0.506 e. The number of hydrogen-bond donors (Lipinski definition) is 3. The first-order valence-electron chi connectivity index (χ1n) is 10.2. The van der Waals surface area contributed by atoms with Gasteiger partial charge in [-0.05, 0) is 36.4 Å². The molecule has 7 heteroatoms. The molecule has 0 unspecified atom stereocenters. The molecule has 0 aliphatic heterocycles. The fourth-order valence-corrected chi connectivity index (χ4v) is 3.26. The number of phenolic OH excluding ortho intramolecular Hbond substituents is 3. The van der Waals surface area contributed by atoms with Crippen LogP contribution in [0.2, 0.25) is 0 Å². The Labute approximate surface area is 226 Å². The van der Waals surface area contributed by atoms with Crippen LogP contribution in [0.4, 0.5) is 0 Å². The molecule has 0 fully saturated rings. The number of phenols is 3. The maximum Gasteiger partial charge on any atom is 0.141 e.